The van der Waals surface area contributed by atoms with Crippen LogP contribution in [0.25, 0.3) is 21.9 Å². The first-order valence-corrected chi connectivity index (χ1v) is 11.2. The summed E-state index contributed by atoms with van der Waals surface area (Å²) in [5.41, 5.74) is 3.91. The van der Waals surface area contributed by atoms with Gasteiger partial charge >= 0.3 is 0 Å². The van der Waals surface area contributed by atoms with Gasteiger partial charge in [0, 0.05) is 60.4 Å². The van der Waals surface area contributed by atoms with Gasteiger partial charge in [0.1, 0.15) is 0 Å². The van der Waals surface area contributed by atoms with E-state index < -0.39 is 5.95 Å². The number of piperidine rings is 1. The first-order valence-electron chi connectivity index (χ1n) is 11.2. The van der Waals surface area contributed by atoms with E-state index in [1.807, 2.05) is 30.5 Å². The van der Waals surface area contributed by atoms with Crippen molar-refractivity contribution < 1.29 is 9.18 Å². The summed E-state index contributed by atoms with van der Waals surface area (Å²) >= 11 is 0. The highest BCUT2D eigenvalue weighted by Crippen LogP contribution is 2.32. The van der Waals surface area contributed by atoms with Gasteiger partial charge in [-0.25, -0.2) is 4.98 Å². The molecule has 3 heterocycles. The van der Waals surface area contributed by atoms with Crippen molar-refractivity contribution in [2.24, 2.45) is 0 Å². The van der Waals surface area contributed by atoms with E-state index >= 15 is 0 Å². The molecule has 7 heteroatoms. The van der Waals surface area contributed by atoms with E-state index in [0.29, 0.717) is 24.2 Å². The predicted octanol–water partition coefficient (Wildman–Crippen LogP) is 5.02. The average molecular weight is 452 g/mol. The maximum absolute atomic E-state index is 13.4. The van der Waals surface area contributed by atoms with Gasteiger partial charge in [0.15, 0.2) is 0 Å². The zero-order chi connectivity index (χ0) is 23.5. The molecule has 0 aliphatic carbocycles. The van der Waals surface area contributed by atoms with Gasteiger partial charge < -0.3 is 10.2 Å². The number of rotatable bonds is 4. The van der Waals surface area contributed by atoms with E-state index in [1.165, 1.54) is 12.3 Å². The number of nitriles is 1. The Morgan fingerprint density at radius 3 is 2.71 bits per heavy atom. The Morgan fingerprint density at radius 1 is 1.06 bits per heavy atom. The lowest BCUT2D eigenvalue weighted by Gasteiger charge is -2.33. The second-order valence-corrected chi connectivity index (χ2v) is 8.39. The monoisotopic (exact) mass is 451 g/mol. The summed E-state index contributed by atoms with van der Waals surface area (Å²) < 4.78 is 13.4. The standard InChI is InChI=1S/C27H22FN5O/c28-26-15-21(5-9-31-26)27(34)33-10-6-23(7-11-33)32-25-14-22(13-20-4-8-30-17-24(20)25)19-3-1-2-18(12-19)16-29/h1-5,8-9,12-15,17,23,32H,6-7,10-11H2. The van der Waals surface area contributed by atoms with Crippen molar-refractivity contribution >= 4 is 22.4 Å². The van der Waals surface area contributed by atoms with Gasteiger partial charge in [-0.2, -0.15) is 9.65 Å². The molecule has 1 amide bonds. The van der Waals surface area contributed by atoms with Crippen molar-refractivity contribution in [2.45, 2.75) is 18.9 Å². The van der Waals surface area contributed by atoms with Gasteiger partial charge in [0.05, 0.1) is 11.6 Å². The lowest BCUT2D eigenvalue weighted by molar-refractivity contribution is 0.0718. The van der Waals surface area contributed by atoms with Crippen LogP contribution < -0.4 is 5.32 Å². The van der Waals surface area contributed by atoms with Crippen molar-refractivity contribution in [3.63, 3.8) is 0 Å². The van der Waals surface area contributed by atoms with Crippen LogP contribution in [0.4, 0.5) is 10.1 Å². The maximum atomic E-state index is 13.4. The molecule has 1 saturated heterocycles. The number of nitrogens with one attached hydrogen (secondary N) is 1. The number of carbonyl (C=O) groups excluding carboxylic acids is 1. The summed E-state index contributed by atoms with van der Waals surface area (Å²) in [4.78, 5) is 22.3. The summed E-state index contributed by atoms with van der Waals surface area (Å²) in [5.74, 6) is -0.822. The molecule has 5 rings (SSSR count). The van der Waals surface area contributed by atoms with Crippen molar-refractivity contribution in [3.05, 3.63) is 90.3 Å². The zero-order valence-corrected chi connectivity index (χ0v) is 18.4. The highest BCUT2D eigenvalue weighted by atomic mass is 19.1. The first kappa shape index (κ1) is 21.5. The predicted molar refractivity (Wildman–Crippen MR) is 129 cm³/mol. The lowest BCUT2D eigenvalue weighted by Crippen LogP contribution is -2.42. The molecule has 4 aromatic rings. The van der Waals surface area contributed by atoms with Crippen LogP contribution in [-0.4, -0.2) is 39.9 Å². The fourth-order valence-electron chi connectivity index (χ4n) is 4.42. The molecule has 2 aromatic carbocycles. The number of benzene rings is 2. The third kappa shape index (κ3) is 4.44. The minimum absolute atomic E-state index is 0.172. The summed E-state index contributed by atoms with van der Waals surface area (Å²) in [6.07, 6.45) is 6.48. The first-order chi connectivity index (χ1) is 16.6. The van der Waals surface area contributed by atoms with Crippen LogP contribution in [0, 0.1) is 17.3 Å². The van der Waals surface area contributed by atoms with Crippen LogP contribution in [0.15, 0.2) is 73.2 Å². The third-order valence-corrected chi connectivity index (χ3v) is 6.20. The number of halogens is 1. The Labute approximate surface area is 196 Å². The largest absolute Gasteiger partial charge is 0.382 e. The van der Waals surface area contributed by atoms with Gasteiger partial charge in [-0.05, 0) is 65.8 Å². The molecule has 168 valence electrons. The molecule has 0 bridgehead atoms. The van der Waals surface area contributed by atoms with Gasteiger partial charge in [0.25, 0.3) is 5.91 Å². The topological polar surface area (TPSA) is 81.9 Å². The molecule has 0 unspecified atom stereocenters. The van der Waals surface area contributed by atoms with Crippen molar-refractivity contribution in [3.8, 4) is 17.2 Å². The molecular weight excluding hydrogens is 429 g/mol. The minimum atomic E-state index is -0.650. The van der Waals surface area contributed by atoms with Gasteiger partial charge in [0.2, 0.25) is 5.95 Å². The highest BCUT2D eigenvalue weighted by molar-refractivity contribution is 5.97. The van der Waals surface area contributed by atoms with Crippen molar-refractivity contribution in [2.75, 3.05) is 18.4 Å². The van der Waals surface area contributed by atoms with Crippen LogP contribution in [0.3, 0.4) is 0 Å². The van der Waals surface area contributed by atoms with E-state index in [9.17, 15) is 14.4 Å². The molecule has 0 atom stereocenters. The summed E-state index contributed by atoms with van der Waals surface area (Å²) in [6, 6.07) is 18.9. The Bertz CT molecular complexity index is 1410. The van der Waals surface area contributed by atoms with Gasteiger partial charge in [-0.3, -0.25) is 9.78 Å². The zero-order valence-electron chi connectivity index (χ0n) is 18.4. The third-order valence-electron chi connectivity index (χ3n) is 6.20. The molecule has 0 radical (unpaired) electrons. The lowest BCUT2D eigenvalue weighted by atomic mass is 9.98. The minimum Gasteiger partial charge on any atom is -0.382 e. The molecule has 2 aromatic heterocycles. The number of hydrogen-bond donors (Lipinski definition) is 1. The molecule has 6 nitrogen and oxygen atoms in total. The molecule has 0 spiro atoms. The van der Waals surface area contributed by atoms with Gasteiger partial charge in [-0.15, -0.1) is 0 Å². The smallest absolute Gasteiger partial charge is 0.254 e. The summed E-state index contributed by atoms with van der Waals surface area (Å²) in [6.45, 7) is 1.17. The van der Waals surface area contributed by atoms with Crippen molar-refractivity contribution in [1.82, 2.24) is 14.9 Å². The van der Waals surface area contributed by atoms with Crippen molar-refractivity contribution in [1.29, 1.82) is 5.26 Å². The normalized spacial score (nSPS) is 14.1. The summed E-state index contributed by atoms with van der Waals surface area (Å²) in [7, 11) is 0. The average Bonchev–Trinajstić information content (AvgIpc) is 2.88. The molecule has 1 N–H and O–H groups in total. The number of pyridine rings is 2. The fraction of sp³-hybridized carbons (Fsp3) is 0.185. The van der Waals surface area contributed by atoms with Crippen LogP contribution in [-0.2, 0) is 0 Å². The fourth-order valence-corrected chi connectivity index (χ4v) is 4.42. The number of hydrogen-bond acceptors (Lipinski definition) is 5. The number of aromatic nitrogens is 2. The van der Waals surface area contributed by atoms with Crippen LogP contribution in [0.1, 0.15) is 28.8 Å². The number of amides is 1. The molecule has 0 saturated carbocycles. The number of likely N-dealkylation sites (tertiary alicyclic amines) is 1. The molecule has 1 aliphatic heterocycles. The SMILES string of the molecule is N#Cc1cccc(-c2cc(NC3CCN(C(=O)c4ccnc(F)c4)CC3)c3cnccc3c2)c1. The Kier molecular flexibility index (Phi) is 5.88. The Hall–Kier alpha value is -4.31. The summed E-state index contributed by atoms with van der Waals surface area (Å²) in [5, 5.41) is 15.0. The second kappa shape index (κ2) is 9.28. The molecular formula is C27H22FN5O. The quantitative estimate of drug-likeness (QED) is 0.441. The van der Waals surface area contributed by atoms with E-state index in [2.05, 4.69) is 33.5 Å². The second-order valence-electron chi connectivity index (χ2n) is 8.39. The maximum Gasteiger partial charge on any atom is 0.254 e. The highest BCUT2D eigenvalue weighted by Gasteiger charge is 2.24. The van der Waals surface area contributed by atoms with E-state index in [4.69, 9.17) is 0 Å². The van der Waals surface area contributed by atoms with Gasteiger partial charge in [-0.1, -0.05) is 12.1 Å². The number of anilines is 1. The van der Waals surface area contributed by atoms with Crippen LogP contribution >= 0.6 is 0 Å². The molecule has 34 heavy (non-hydrogen) atoms. The van der Waals surface area contributed by atoms with E-state index in [-0.39, 0.29) is 11.9 Å². The molecule has 1 aliphatic rings. The number of fused-ring (bicyclic) bond motifs is 1. The van der Waals surface area contributed by atoms with E-state index in [1.54, 1.807) is 23.2 Å². The van der Waals surface area contributed by atoms with Crippen LogP contribution in [0.5, 0.6) is 0 Å². The number of nitrogens with zero attached hydrogens (tertiary/aromatic N) is 4. The van der Waals surface area contributed by atoms with E-state index in [0.717, 1.165) is 40.4 Å². The number of carbonyl (C=O) groups is 1. The molecule has 1 fully saturated rings. The Morgan fingerprint density at radius 2 is 1.91 bits per heavy atom. The van der Waals surface area contributed by atoms with Crippen LogP contribution in [0.2, 0.25) is 0 Å². The Balaban J connectivity index is 1.36.